The Labute approximate surface area is 106 Å². The molecule has 5 heteroatoms. The molecule has 0 bridgehead atoms. The molecule has 0 radical (unpaired) electrons. The third kappa shape index (κ3) is 3.04. The van der Waals surface area contributed by atoms with E-state index in [-0.39, 0.29) is 5.91 Å². The lowest BCUT2D eigenvalue weighted by Crippen LogP contribution is -2.32. The van der Waals surface area contributed by atoms with Gasteiger partial charge in [-0.05, 0) is 26.3 Å². The molecule has 0 unspecified atom stereocenters. The Morgan fingerprint density at radius 3 is 2.88 bits per heavy atom. The van der Waals surface area contributed by atoms with Crippen molar-refractivity contribution in [3.63, 3.8) is 0 Å². The highest BCUT2D eigenvalue weighted by molar-refractivity contribution is 7.13. The van der Waals surface area contributed by atoms with Crippen LogP contribution in [0.15, 0.2) is 0 Å². The van der Waals surface area contributed by atoms with Crippen LogP contribution in [0.4, 0.5) is 0 Å². The number of amides is 1. The van der Waals surface area contributed by atoms with Gasteiger partial charge in [0.2, 0.25) is 0 Å². The first-order valence-electron chi connectivity index (χ1n) is 6.18. The summed E-state index contributed by atoms with van der Waals surface area (Å²) >= 11 is 1.47. The van der Waals surface area contributed by atoms with Gasteiger partial charge in [0.25, 0.3) is 5.91 Å². The number of hydrogen-bond acceptors (Lipinski definition) is 4. The molecule has 17 heavy (non-hydrogen) atoms. The molecule has 1 aliphatic carbocycles. The summed E-state index contributed by atoms with van der Waals surface area (Å²) in [6, 6.07) is 0.363. The van der Waals surface area contributed by atoms with Crippen molar-refractivity contribution in [2.75, 3.05) is 6.54 Å². The molecule has 0 atom stereocenters. The van der Waals surface area contributed by atoms with Gasteiger partial charge in [-0.25, -0.2) is 4.98 Å². The molecule has 0 aromatic carbocycles. The number of hydrogen-bond donors (Lipinski definition) is 2. The van der Waals surface area contributed by atoms with Crippen molar-refractivity contribution >= 4 is 17.2 Å². The van der Waals surface area contributed by atoms with Crippen LogP contribution in [0.2, 0.25) is 0 Å². The number of aryl methyl sites for hydroxylation is 1. The van der Waals surface area contributed by atoms with E-state index < -0.39 is 0 Å². The van der Waals surface area contributed by atoms with E-state index in [1.54, 1.807) is 0 Å². The maximum absolute atomic E-state index is 12.1. The van der Waals surface area contributed by atoms with Gasteiger partial charge in [0, 0.05) is 12.5 Å². The summed E-state index contributed by atoms with van der Waals surface area (Å²) in [6.45, 7) is 2.47. The van der Waals surface area contributed by atoms with E-state index in [1.165, 1.54) is 24.2 Å². The zero-order valence-electron chi connectivity index (χ0n) is 10.2. The molecule has 1 aliphatic rings. The van der Waals surface area contributed by atoms with Crippen LogP contribution < -0.4 is 11.1 Å². The minimum Gasteiger partial charge on any atom is -0.349 e. The average Bonchev–Trinajstić information content (AvgIpc) is 2.88. The number of nitrogens with zero attached hydrogens (tertiary/aromatic N) is 1. The number of carbonyl (C=O) groups is 1. The molecule has 2 rings (SSSR count). The fraction of sp³-hybridized carbons (Fsp3) is 0.667. The smallest absolute Gasteiger partial charge is 0.263 e. The summed E-state index contributed by atoms with van der Waals surface area (Å²) in [5, 5.41) is 4.05. The first-order chi connectivity index (χ1) is 8.20. The number of aromatic nitrogens is 1. The number of carbonyl (C=O) groups excluding carboxylic acids is 1. The van der Waals surface area contributed by atoms with E-state index in [4.69, 9.17) is 5.73 Å². The Hall–Kier alpha value is -0.940. The van der Waals surface area contributed by atoms with E-state index in [9.17, 15) is 4.79 Å². The summed E-state index contributed by atoms with van der Waals surface area (Å²) in [4.78, 5) is 17.2. The molecule has 1 fully saturated rings. The lowest BCUT2D eigenvalue weighted by atomic mass is 10.2. The lowest BCUT2D eigenvalue weighted by molar-refractivity contribution is 0.0941. The Balaban J connectivity index is 2.02. The molecule has 1 heterocycles. The molecule has 0 spiro atoms. The Kier molecular flexibility index (Phi) is 4.12. The summed E-state index contributed by atoms with van der Waals surface area (Å²) in [7, 11) is 0. The van der Waals surface area contributed by atoms with Gasteiger partial charge in [-0.1, -0.05) is 12.8 Å². The van der Waals surface area contributed by atoms with E-state index in [0.717, 1.165) is 34.8 Å². The summed E-state index contributed by atoms with van der Waals surface area (Å²) in [5.74, 6) is 0.0372. The van der Waals surface area contributed by atoms with Crippen LogP contribution in [0.25, 0.3) is 0 Å². The molecule has 1 saturated carbocycles. The van der Waals surface area contributed by atoms with Crippen molar-refractivity contribution in [3.8, 4) is 0 Å². The molecule has 1 aromatic heterocycles. The van der Waals surface area contributed by atoms with E-state index in [2.05, 4.69) is 10.3 Å². The van der Waals surface area contributed by atoms with E-state index in [0.29, 0.717) is 12.6 Å². The number of thiazole rings is 1. The minimum absolute atomic E-state index is 0.0372. The second-order valence-electron chi connectivity index (χ2n) is 4.52. The molecule has 0 saturated heterocycles. The Morgan fingerprint density at radius 1 is 1.53 bits per heavy atom. The van der Waals surface area contributed by atoms with Gasteiger partial charge in [0.05, 0.1) is 10.7 Å². The maximum Gasteiger partial charge on any atom is 0.263 e. The van der Waals surface area contributed by atoms with Crippen molar-refractivity contribution in [2.24, 2.45) is 5.73 Å². The normalized spacial score (nSPS) is 16.4. The summed E-state index contributed by atoms with van der Waals surface area (Å²) in [5.41, 5.74) is 6.32. The zero-order chi connectivity index (χ0) is 12.3. The minimum atomic E-state index is 0.0372. The molecule has 3 N–H and O–H groups in total. The monoisotopic (exact) mass is 253 g/mol. The van der Waals surface area contributed by atoms with Gasteiger partial charge in [-0.3, -0.25) is 4.79 Å². The predicted octanol–water partition coefficient (Wildman–Crippen LogP) is 1.63. The number of nitrogens with one attached hydrogen (secondary N) is 1. The summed E-state index contributed by atoms with van der Waals surface area (Å²) in [6.07, 6.45) is 5.43. The van der Waals surface area contributed by atoms with Crippen molar-refractivity contribution in [3.05, 3.63) is 15.6 Å². The van der Waals surface area contributed by atoms with Crippen LogP contribution >= 0.6 is 11.3 Å². The zero-order valence-corrected chi connectivity index (χ0v) is 11.0. The molecular weight excluding hydrogens is 234 g/mol. The van der Waals surface area contributed by atoms with Crippen molar-refractivity contribution in [1.29, 1.82) is 0 Å². The number of nitrogens with two attached hydrogens (primary N) is 1. The van der Waals surface area contributed by atoms with Gasteiger partial charge in [-0.2, -0.15) is 0 Å². The van der Waals surface area contributed by atoms with Crippen LogP contribution in [-0.2, 0) is 6.42 Å². The second kappa shape index (κ2) is 5.60. The van der Waals surface area contributed by atoms with Gasteiger partial charge in [0.15, 0.2) is 0 Å². The van der Waals surface area contributed by atoms with Crippen LogP contribution in [0.1, 0.15) is 46.1 Å². The van der Waals surface area contributed by atoms with Crippen LogP contribution in [0.3, 0.4) is 0 Å². The van der Waals surface area contributed by atoms with Crippen molar-refractivity contribution in [2.45, 2.75) is 45.1 Å². The standard InChI is InChI=1S/C12H19N3OS/c1-8-11(17-10(14-8)6-7-13)12(16)15-9-4-2-3-5-9/h9H,2-7,13H2,1H3,(H,15,16). The largest absolute Gasteiger partial charge is 0.349 e. The predicted molar refractivity (Wildman–Crippen MR) is 69.3 cm³/mol. The van der Waals surface area contributed by atoms with Gasteiger partial charge in [0.1, 0.15) is 4.88 Å². The average molecular weight is 253 g/mol. The van der Waals surface area contributed by atoms with E-state index in [1.807, 2.05) is 6.92 Å². The van der Waals surface area contributed by atoms with Gasteiger partial charge in [-0.15, -0.1) is 11.3 Å². The third-order valence-electron chi connectivity index (χ3n) is 3.10. The molecule has 94 valence electrons. The molecule has 4 nitrogen and oxygen atoms in total. The lowest BCUT2D eigenvalue weighted by Gasteiger charge is -2.10. The Bertz CT molecular complexity index is 396. The topological polar surface area (TPSA) is 68.0 Å². The van der Waals surface area contributed by atoms with Gasteiger partial charge >= 0.3 is 0 Å². The van der Waals surface area contributed by atoms with Crippen LogP contribution in [0, 0.1) is 6.92 Å². The molecule has 0 aliphatic heterocycles. The Morgan fingerprint density at radius 2 is 2.24 bits per heavy atom. The SMILES string of the molecule is Cc1nc(CCN)sc1C(=O)NC1CCCC1. The number of rotatable bonds is 4. The fourth-order valence-corrected chi connectivity index (χ4v) is 3.20. The highest BCUT2D eigenvalue weighted by atomic mass is 32.1. The van der Waals surface area contributed by atoms with Gasteiger partial charge < -0.3 is 11.1 Å². The van der Waals surface area contributed by atoms with Crippen LogP contribution in [-0.4, -0.2) is 23.5 Å². The highest BCUT2D eigenvalue weighted by Gasteiger charge is 2.21. The van der Waals surface area contributed by atoms with Crippen molar-refractivity contribution < 1.29 is 4.79 Å². The fourth-order valence-electron chi connectivity index (χ4n) is 2.21. The van der Waals surface area contributed by atoms with Crippen LogP contribution in [0.5, 0.6) is 0 Å². The highest BCUT2D eigenvalue weighted by Crippen LogP contribution is 2.21. The summed E-state index contributed by atoms with van der Waals surface area (Å²) < 4.78 is 0. The third-order valence-corrected chi connectivity index (χ3v) is 4.31. The first kappa shape index (κ1) is 12.5. The quantitative estimate of drug-likeness (QED) is 0.857. The van der Waals surface area contributed by atoms with E-state index >= 15 is 0 Å². The maximum atomic E-state index is 12.1. The van der Waals surface area contributed by atoms with Crippen molar-refractivity contribution in [1.82, 2.24) is 10.3 Å². The molecular formula is C12H19N3OS. The molecule has 1 amide bonds. The second-order valence-corrected chi connectivity index (χ2v) is 5.60. The first-order valence-corrected chi connectivity index (χ1v) is 6.99. The molecule has 1 aromatic rings.